The van der Waals surface area contributed by atoms with Gasteiger partial charge in [-0.1, -0.05) is 26.0 Å². The summed E-state index contributed by atoms with van der Waals surface area (Å²) in [6.07, 6.45) is 1.07. The van der Waals surface area contributed by atoms with Gasteiger partial charge in [0, 0.05) is 35.9 Å². The Kier molecular flexibility index (Phi) is 8.51. The molecular formula is C23H34N4O2S. The Hall–Kier alpha value is -2.12. The van der Waals surface area contributed by atoms with Gasteiger partial charge >= 0.3 is 0 Å². The zero-order valence-electron chi connectivity index (χ0n) is 18.5. The van der Waals surface area contributed by atoms with E-state index in [1.807, 2.05) is 0 Å². The van der Waals surface area contributed by atoms with E-state index in [0.29, 0.717) is 31.5 Å². The average Bonchev–Trinajstić information content (AvgIpc) is 3.41. The van der Waals surface area contributed by atoms with Crippen molar-refractivity contribution in [3.8, 4) is 5.75 Å². The first-order valence-electron chi connectivity index (χ1n) is 10.8. The lowest BCUT2D eigenvalue weighted by atomic mass is 10.1. The SMILES string of the molecule is CCNC(=NCc1ccc(C)cc1OCC1CCOC1)NCc1csc(C(C)C)n1. The monoisotopic (exact) mass is 430 g/mol. The van der Waals surface area contributed by atoms with Gasteiger partial charge in [0.1, 0.15) is 5.75 Å². The molecule has 1 fully saturated rings. The van der Waals surface area contributed by atoms with Gasteiger partial charge in [-0.25, -0.2) is 9.98 Å². The van der Waals surface area contributed by atoms with Crippen LogP contribution in [0, 0.1) is 12.8 Å². The van der Waals surface area contributed by atoms with Gasteiger partial charge in [-0.15, -0.1) is 11.3 Å². The van der Waals surface area contributed by atoms with Crippen molar-refractivity contribution < 1.29 is 9.47 Å². The van der Waals surface area contributed by atoms with Crippen LogP contribution in [0.15, 0.2) is 28.6 Å². The second-order valence-corrected chi connectivity index (χ2v) is 8.92. The number of ether oxygens (including phenoxy) is 2. The summed E-state index contributed by atoms with van der Waals surface area (Å²) >= 11 is 1.72. The van der Waals surface area contributed by atoms with E-state index in [-0.39, 0.29) is 0 Å². The highest BCUT2D eigenvalue weighted by atomic mass is 32.1. The van der Waals surface area contributed by atoms with Crippen LogP contribution in [0.25, 0.3) is 0 Å². The Morgan fingerprint density at radius 2 is 2.23 bits per heavy atom. The highest BCUT2D eigenvalue weighted by molar-refractivity contribution is 7.09. The molecule has 0 spiro atoms. The van der Waals surface area contributed by atoms with Gasteiger partial charge < -0.3 is 20.1 Å². The molecule has 1 aromatic heterocycles. The number of nitrogens with zero attached hydrogens (tertiary/aromatic N) is 2. The highest BCUT2D eigenvalue weighted by Gasteiger charge is 2.17. The summed E-state index contributed by atoms with van der Waals surface area (Å²) in [4.78, 5) is 9.47. The number of hydrogen-bond donors (Lipinski definition) is 2. The lowest BCUT2D eigenvalue weighted by molar-refractivity contribution is 0.166. The number of benzene rings is 1. The predicted molar refractivity (Wildman–Crippen MR) is 123 cm³/mol. The summed E-state index contributed by atoms with van der Waals surface area (Å²) in [6.45, 7) is 12.8. The predicted octanol–water partition coefficient (Wildman–Crippen LogP) is 4.25. The van der Waals surface area contributed by atoms with E-state index in [2.05, 4.69) is 66.9 Å². The molecule has 30 heavy (non-hydrogen) atoms. The fourth-order valence-electron chi connectivity index (χ4n) is 3.20. The van der Waals surface area contributed by atoms with Crippen LogP contribution in [0.4, 0.5) is 0 Å². The third-order valence-corrected chi connectivity index (χ3v) is 6.17. The van der Waals surface area contributed by atoms with Gasteiger partial charge in [-0.3, -0.25) is 0 Å². The number of nitrogens with one attached hydrogen (secondary N) is 2. The highest BCUT2D eigenvalue weighted by Crippen LogP contribution is 2.23. The van der Waals surface area contributed by atoms with Crippen LogP contribution in [0.1, 0.15) is 54.9 Å². The van der Waals surface area contributed by atoms with Gasteiger partial charge in [-0.05, 0) is 31.9 Å². The van der Waals surface area contributed by atoms with Gasteiger partial charge in [0.25, 0.3) is 0 Å². The molecule has 1 aliphatic rings. The van der Waals surface area contributed by atoms with Crippen molar-refractivity contribution in [3.63, 3.8) is 0 Å². The summed E-state index contributed by atoms with van der Waals surface area (Å²) in [7, 11) is 0. The van der Waals surface area contributed by atoms with Crippen LogP contribution in [0.5, 0.6) is 5.75 Å². The molecule has 1 unspecified atom stereocenters. The molecule has 0 aliphatic carbocycles. The molecule has 1 aliphatic heterocycles. The molecule has 0 amide bonds. The first kappa shape index (κ1) is 22.6. The third-order valence-electron chi connectivity index (χ3n) is 4.97. The molecule has 6 nitrogen and oxygen atoms in total. The molecule has 7 heteroatoms. The minimum absolute atomic E-state index is 0.460. The van der Waals surface area contributed by atoms with Crippen molar-refractivity contribution >= 4 is 17.3 Å². The lowest BCUT2D eigenvalue weighted by Gasteiger charge is -2.15. The van der Waals surface area contributed by atoms with E-state index in [0.717, 1.165) is 49.1 Å². The second kappa shape index (κ2) is 11.3. The molecule has 2 heterocycles. The van der Waals surface area contributed by atoms with Crippen LogP contribution in [-0.4, -0.2) is 37.3 Å². The van der Waals surface area contributed by atoms with E-state index in [9.17, 15) is 0 Å². The Bertz CT molecular complexity index is 828. The minimum atomic E-state index is 0.460. The molecule has 1 aromatic carbocycles. The zero-order chi connectivity index (χ0) is 21.3. The van der Waals surface area contributed by atoms with E-state index in [4.69, 9.17) is 14.5 Å². The lowest BCUT2D eigenvalue weighted by Crippen LogP contribution is -2.36. The topological polar surface area (TPSA) is 67.8 Å². The summed E-state index contributed by atoms with van der Waals surface area (Å²) in [5, 5.41) is 10.00. The van der Waals surface area contributed by atoms with Crippen molar-refractivity contribution in [2.24, 2.45) is 10.9 Å². The van der Waals surface area contributed by atoms with E-state index >= 15 is 0 Å². The molecule has 2 aromatic rings. The minimum Gasteiger partial charge on any atom is -0.493 e. The Morgan fingerprint density at radius 3 is 2.93 bits per heavy atom. The smallest absolute Gasteiger partial charge is 0.191 e. The zero-order valence-corrected chi connectivity index (χ0v) is 19.3. The molecule has 1 saturated heterocycles. The maximum atomic E-state index is 6.15. The van der Waals surface area contributed by atoms with E-state index in [1.54, 1.807) is 11.3 Å². The van der Waals surface area contributed by atoms with Crippen molar-refractivity contribution in [2.45, 2.75) is 53.1 Å². The summed E-state index contributed by atoms with van der Waals surface area (Å²) in [6, 6.07) is 6.32. The first-order valence-corrected chi connectivity index (χ1v) is 11.7. The third kappa shape index (κ3) is 6.71. The van der Waals surface area contributed by atoms with Crippen molar-refractivity contribution in [3.05, 3.63) is 45.4 Å². The molecule has 0 radical (unpaired) electrons. The average molecular weight is 431 g/mol. The molecule has 1 atom stereocenters. The van der Waals surface area contributed by atoms with Gasteiger partial charge in [0.2, 0.25) is 0 Å². The number of hydrogen-bond acceptors (Lipinski definition) is 5. The normalized spacial score (nSPS) is 16.8. The van der Waals surface area contributed by atoms with Gasteiger partial charge in [-0.2, -0.15) is 0 Å². The fourth-order valence-corrected chi connectivity index (χ4v) is 4.03. The molecule has 164 valence electrons. The van der Waals surface area contributed by atoms with Crippen molar-refractivity contribution in [1.29, 1.82) is 0 Å². The van der Waals surface area contributed by atoms with Crippen molar-refractivity contribution in [1.82, 2.24) is 15.6 Å². The van der Waals surface area contributed by atoms with E-state index < -0.39 is 0 Å². The quantitative estimate of drug-likeness (QED) is 0.460. The maximum Gasteiger partial charge on any atom is 0.191 e. The van der Waals surface area contributed by atoms with Crippen LogP contribution >= 0.6 is 11.3 Å². The second-order valence-electron chi connectivity index (χ2n) is 8.03. The Balaban J connectivity index is 1.62. The molecule has 2 N–H and O–H groups in total. The Morgan fingerprint density at radius 1 is 1.37 bits per heavy atom. The van der Waals surface area contributed by atoms with Crippen LogP contribution in [0.3, 0.4) is 0 Å². The van der Waals surface area contributed by atoms with Crippen molar-refractivity contribution in [2.75, 3.05) is 26.4 Å². The van der Waals surface area contributed by atoms with Crippen LogP contribution in [-0.2, 0) is 17.8 Å². The first-order chi connectivity index (χ1) is 14.5. The summed E-state index contributed by atoms with van der Waals surface area (Å²) in [5.74, 6) is 2.64. The van der Waals surface area contributed by atoms with Crippen LogP contribution in [0.2, 0.25) is 0 Å². The van der Waals surface area contributed by atoms with Crippen LogP contribution < -0.4 is 15.4 Å². The number of aliphatic imine (C=N–C) groups is 1. The maximum absolute atomic E-state index is 6.15. The summed E-state index contributed by atoms with van der Waals surface area (Å²) < 4.78 is 11.6. The molecule has 0 bridgehead atoms. The van der Waals surface area contributed by atoms with Gasteiger partial charge in [0.05, 0.1) is 37.0 Å². The van der Waals surface area contributed by atoms with Gasteiger partial charge in [0.15, 0.2) is 5.96 Å². The number of aryl methyl sites for hydroxylation is 1. The molecular weight excluding hydrogens is 396 g/mol. The fraction of sp³-hybridized carbons (Fsp3) is 0.565. The molecule has 0 saturated carbocycles. The summed E-state index contributed by atoms with van der Waals surface area (Å²) in [5.41, 5.74) is 3.33. The Labute approximate surface area is 184 Å². The largest absolute Gasteiger partial charge is 0.493 e. The number of thiazole rings is 1. The van der Waals surface area contributed by atoms with E-state index in [1.165, 1.54) is 10.6 Å². The number of rotatable bonds is 9. The number of guanidine groups is 1. The standard InChI is InChI=1S/C23H34N4O2S/c1-5-24-23(26-12-20-15-30-22(27-20)16(2)3)25-11-19-7-6-17(4)10-21(19)29-14-18-8-9-28-13-18/h6-7,10,15-16,18H,5,8-9,11-14H2,1-4H3,(H2,24,25,26). The number of aromatic nitrogens is 1. The molecule has 3 rings (SSSR count).